The highest BCUT2D eigenvalue weighted by molar-refractivity contribution is 5.78. The molecular formula is C27H32N6O. The minimum Gasteiger partial charge on any atom is -0.497 e. The molecule has 0 bridgehead atoms. The van der Waals surface area contributed by atoms with Crippen LogP contribution in [0.4, 0.5) is 5.69 Å². The molecule has 1 aliphatic heterocycles. The number of fused-ring (bicyclic) bond motifs is 1. The molecule has 0 saturated carbocycles. The summed E-state index contributed by atoms with van der Waals surface area (Å²) in [6.45, 7) is 6.82. The Balaban J connectivity index is 1.40. The van der Waals surface area contributed by atoms with Crippen LogP contribution in [0.2, 0.25) is 0 Å². The largest absolute Gasteiger partial charge is 0.497 e. The van der Waals surface area contributed by atoms with Gasteiger partial charge in [-0.3, -0.25) is 15.0 Å². The van der Waals surface area contributed by atoms with Crippen molar-refractivity contribution in [2.45, 2.75) is 19.6 Å². The number of pyridine rings is 1. The maximum atomic E-state index is 5.46. The summed E-state index contributed by atoms with van der Waals surface area (Å²) in [6, 6.07) is 19.2. The number of H-pyrrole nitrogens is 1. The molecule has 0 radical (unpaired) electrons. The zero-order chi connectivity index (χ0) is 23.3. The predicted octanol–water partition coefficient (Wildman–Crippen LogP) is 3.92. The number of aromatic nitrogens is 3. The number of nitrogens with one attached hydrogen (secondary N) is 1. The van der Waals surface area contributed by atoms with E-state index < -0.39 is 0 Å². The van der Waals surface area contributed by atoms with Crippen molar-refractivity contribution in [2.24, 2.45) is 0 Å². The van der Waals surface area contributed by atoms with Gasteiger partial charge in [-0.05, 0) is 48.5 Å². The average molecular weight is 457 g/mol. The van der Waals surface area contributed by atoms with Crippen LogP contribution < -0.4 is 9.64 Å². The van der Waals surface area contributed by atoms with Gasteiger partial charge in [-0.2, -0.15) is 5.10 Å². The van der Waals surface area contributed by atoms with Gasteiger partial charge in [0.1, 0.15) is 5.75 Å². The Morgan fingerprint density at radius 2 is 1.79 bits per heavy atom. The van der Waals surface area contributed by atoms with Crippen LogP contribution in [-0.4, -0.2) is 65.3 Å². The Kier molecular flexibility index (Phi) is 6.74. The average Bonchev–Trinajstić information content (AvgIpc) is 3.33. The number of ether oxygens (including phenoxy) is 1. The molecule has 1 aliphatic rings. The molecule has 0 aliphatic carbocycles. The quantitative estimate of drug-likeness (QED) is 0.434. The third-order valence-electron chi connectivity index (χ3n) is 6.53. The molecule has 5 rings (SSSR count). The Labute approximate surface area is 201 Å². The van der Waals surface area contributed by atoms with Crippen molar-refractivity contribution in [1.82, 2.24) is 25.0 Å². The summed E-state index contributed by atoms with van der Waals surface area (Å²) in [5.74, 6) is 0.877. The summed E-state index contributed by atoms with van der Waals surface area (Å²) in [7, 11) is 3.90. The molecular weight excluding hydrogens is 424 g/mol. The lowest BCUT2D eigenvalue weighted by atomic mass is 10.1. The molecule has 7 heteroatoms. The SMILES string of the molecule is COc1cccc(CN(Cc2ccc3cn[nH]c3c2)c2ccnc(CN3CCN(C)CC3)c2)c1. The third-order valence-corrected chi connectivity index (χ3v) is 6.53. The Morgan fingerprint density at radius 3 is 2.62 bits per heavy atom. The molecule has 2 aromatic heterocycles. The highest BCUT2D eigenvalue weighted by Crippen LogP contribution is 2.24. The fraction of sp³-hybridized carbons (Fsp3) is 0.333. The summed E-state index contributed by atoms with van der Waals surface area (Å²) in [6.07, 6.45) is 3.80. The molecule has 0 amide bonds. The van der Waals surface area contributed by atoms with Crippen LogP contribution in [-0.2, 0) is 19.6 Å². The van der Waals surface area contributed by atoms with E-state index >= 15 is 0 Å². The minimum absolute atomic E-state index is 0.774. The lowest BCUT2D eigenvalue weighted by molar-refractivity contribution is 0.147. The fourth-order valence-corrected chi connectivity index (χ4v) is 4.52. The zero-order valence-electron chi connectivity index (χ0n) is 19.9. The lowest BCUT2D eigenvalue weighted by Gasteiger charge is -2.32. The Morgan fingerprint density at radius 1 is 0.971 bits per heavy atom. The van der Waals surface area contributed by atoms with Crippen LogP contribution in [0.15, 0.2) is 67.0 Å². The van der Waals surface area contributed by atoms with E-state index in [0.717, 1.165) is 68.2 Å². The summed E-state index contributed by atoms with van der Waals surface area (Å²) in [5.41, 5.74) is 5.79. The van der Waals surface area contributed by atoms with Gasteiger partial charge in [0, 0.05) is 63.1 Å². The molecule has 7 nitrogen and oxygen atoms in total. The molecule has 0 unspecified atom stereocenters. The number of aromatic amines is 1. The molecule has 1 N–H and O–H groups in total. The number of likely N-dealkylation sites (N-methyl/N-ethyl adjacent to an activating group) is 1. The third kappa shape index (κ3) is 5.38. The normalized spacial score (nSPS) is 15.0. The molecule has 3 heterocycles. The van der Waals surface area contributed by atoms with E-state index in [1.807, 2.05) is 24.5 Å². The van der Waals surface area contributed by atoms with E-state index in [1.54, 1.807) is 7.11 Å². The van der Waals surface area contributed by atoms with E-state index in [1.165, 1.54) is 16.8 Å². The number of anilines is 1. The van der Waals surface area contributed by atoms with Crippen LogP contribution >= 0.6 is 0 Å². The summed E-state index contributed by atoms with van der Waals surface area (Å²) in [5, 5.41) is 8.39. The molecule has 0 spiro atoms. The van der Waals surface area contributed by atoms with E-state index in [2.05, 4.69) is 74.4 Å². The van der Waals surface area contributed by atoms with Gasteiger partial charge in [-0.1, -0.05) is 24.3 Å². The van der Waals surface area contributed by atoms with Crippen LogP contribution in [0.1, 0.15) is 16.8 Å². The smallest absolute Gasteiger partial charge is 0.119 e. The monoisotopic (exact) mass is 456 g/mol. The van der Waals surface area contributed by atoms with Gasteiger partial charge >= 0.3 is 0 Å². The van der Waals surface area contributed by atoms with Crippen LogP contribution in [0, 0.1) is 0 Å². The molecule has 0 atom stereocenters. The van der Waals surface area contributed by atoms with Gasteiger partial charge in [-0.25, -0.2) is 0 Å². The van der Waals surface area contributed by atoms with E-state index in [0.29, 0.717) is 0 Å². The predicted molar refractivity (Wildman–Crippen MR) is 136 cm³/mol. The first-order valence-corrected chi connectivity index (χ1v) is 11.8. The van der Waals surface area contributed by atoms with Crippen molar-refractivity contribution in [3.8, 4) is 5.75 Å². The summed E-state index contributed by atoms with van der Waals surface area (Å²) >= 11 is 0. The number of rotatable bonds is 8. The Bertz CT molecular complexity index is 1230. The summed E-state index contributed by atoms with van der Waals surface area (Å²) < 4.78 is 5.46. The maximum absolute atomic E-state index is 5.46. The zero-order valence-corrected chi connectivity index (χ0v) is 19.9. The van der Waals surface area contributed by atoms with Crippen molar-refractivity contribution in [3.05, 3.63) is 83.8 Å². The second-order valence-electron chi connectivity index (χ2n) is 9.08. The first kappa shape index (κ1) is 22.4. The van der Waals surface area contributed by atoms with Gasteiger partial charge in [-0.15, -0.1) is 0 Å². The molecule has 2 aromatic carbocycles. The number of nitrogens with zero attached hydrogens (tertiary/aromatic N) is 5. The van der Waals surface area contributed by atoms with Gasteiger partial charge in [0.15, 0.2) is 0 Å². The fourth-order valence-electron chi connectivity index (χ4n) is 4.52. The minimum atomic E-state index is 0.774. The van der Waals surface area contributed by atoms with Crippen molar-refractivity contribution < 1.29 is 4.74 Å². The second-order valence-corrected chi connectivity index (χ2v) is 9.08. The van der Waals surface area contributed by atoms with E-state index in [-0.39, 0.29) is 0 Å². The van der Waals surface area contributed by atoms with E-state index in [9.17, 15) is 0 Å². The Hall–Kier alpha value is -3.42. The topological polar surface area (TPSA) is 60.5 Å². The number of benzene rings is 2. The van der Waals surface area contributed by atoms with Crippen LogP contribution in [0.25, 0.3) is 10.9 Å². The van der Waals surface area contributed by atoms with Gasteiger partial charge < -0.3 is 14.5 Å². The molecule has 1 fully saturated rings. The molecule has 176 valence electrons. The molecule has 4 aromatic rings. The van der Waals surface area contributed by atoms with Crippen molar-refractivity contribution >= 4 is 16.6 Å². The van der Waals surface area contributed by atoms with Crippen molar-refractivity contribution in [2.75, 3.05) is 45.2 Å². The van der Waals surface area contributed by atoms with Crippen LogP contribution in [0.3, 0.4) is 0 Å². The number of methoxy groups -OCH3 is 1. The maximum Gasteiger partial charge on any atom is 0.119 e. The lowest BCUT2D eigenvalue weighted by Crippen LogP contribution is -2.44. The number of hydrogen-bond donors (Lipinski definition) is 1. The van der Waals surface area contributed by atoms with Crippen molar-refractivity contribution in [3.63, 3.8) is 0 Å². The standard InChI is InChI=1S/C27H32N6O/c1-31-10-12-32(13-11-31)20-24-16-25(8-9-28-24)33(18-21-4-3-5-26(14-21)34-2)19-22-6-7-23-17-29-30-27(23)15-22/h3-9,14-17H,10-13,18-20H2,1-2H3,(H,29,30). The highest BCUT2D eigenvalue weighted by Gasteiger charge is 2.16. The molecule has 1 saturated heterocycles. The second kappa shape index (κ2) is 10.2. The van der Waals surface area contributed by atoms with Crippen molar-refractivity contribution in [1.29, 1.82) is 0 Å². The summed E-state index contributed by atoms with van der Waals surface area (Å²) in [4.78, 5) is 12.0. The number of hydrogen-bond acceptors (Lipinski definition) is 6. The molecule has 34 heavy (non-hydrogen) atoms. The van der Waals surface area contributed by atoms with Gasteiger partial charge in [0.2, 0.25) is 0 Å². The first-order valence-electron chi connectivity index (χ1n) is 11.8. The van der Waals surface area contributed by atoms with E-state index in [4.69, 9.17) is 9.72 Å². The van der Waals surface area contributed by atoms with Crippen LogP contribution in [0.5, 0.6) is 5.75 Å². The highest BCUT2D eigenvalue weighted by atomic mass is 16.5. The first-order chi connectivity index (χ1) is 16.7. The van der Waals surface area contributed by atoms with Gasteiger partial charge in [0.05, 0.1) is 24.5 Å². The van der Waals surface area contributed by atoms with Gasteiger partial charge in [0.25, 0.3) is 0 Å². The number of piperazine rings is 1.